The Hall–Kier alpha value is -2.44. The number of aromatic nitrogens is 1. The van der Waals surface area contributed by atoms with E-state index in [0.29, 0.717) is 17.4 Å². The highest BCUT2D eigenvalue weighted by atomic mass is 35.5. The van der Waals surface area contributed by atoms with Gasteiger partial charge in [-0.25, -0.2) is 4.98 Å². The van der Waals surface area contributed by atoms with Crippen LogP contribution in [-0.2, 0) is 16.1 Å². The molecule has 0 bridgehead atoms. The van der Waals surface area contributed by atoms with E-state index in [1.165, 1.54) is 6.20 Å². The molecule has 2 rings (SSSR count). The van der Waals surface area contributed by atoms with E-state index in [2.05, 4.69) is 10.3 Å². The number of carboxylic acid groups (broad SMARTS) is 1. The van der Waals surface area contributed by atoms with Crippen LogP contribution in [0.3, 0.4) is 0 Å². The van der Waals surface area contributed by atoms with E-state index in [-0.39, 0.29) is 18.9 Å². The lowest BCUT2D eigenvalue weighted by Gasteiger charge is -2.21. The number of carbonyl (C=O) groups excluding carboxylic acids is 1. The summed E-state index contributed by atoms with van der Waals surface area (Å²) in [6.07, 6.45) is 1.31. The van der Waals surface area contributed by atoms with E-state index in [9.17, 15) is 14.7 Å². The summed E-state index contributed by atoms with van der Waals surface area (Å²) >= 11 is 5.69. The van der Waals surface area contributed by atoms with Crippen molar-refractivity contribution in [2.75, 3.05) is 18.9 Å². The van der Waals surface area contributed by atoms with E-state index in [0.717, 1.165) is 5.56 Å². The maximum atomic E-state index is 12.1. The predicted octanol–water partition coefficient (Wildman–Crippen LogP) is 2.90. The summed E-state index contributed by atoms with van der Waals surface area (Å²) in [6.45, 7) is 0.893. The molecular formula is C18H20ClN3O3. The molecule has 6 nitrogen and oxygen atoms in total. The molecule has 1 heterocycles. The number of aliphatic carboxylic acids is 1. The first kappa shape index (κ1) is 18.9. The Balaban J connectivity index is 1.90. The summed E-state index contributed by atoms with van der Waals surface area (Å²) in [5.74, 6) is -2.16. The summed E-state index contributed by atoms with van der Waals surface area (Å²) < 4.78 is 0. The van der Waals surface area contributed by atoms with Gasteiger partial charge in [0.1, 0.15) is 5.15 Å². The van der Waals surface area contributed by atoms with Crippen LogP contribution >= 0.6 is 11.6 Å². The molecule has 0 aliphatic rings. The van der Waals surface area contributed by atoms with Gasteiger partial charge in [0.05, 0.1) is 17.8 Å². The Bertz CT molecular complexity index is 707. The van der Waals surface area contributed by atoms with Crippen LogP contribution in [0.2, 0.25) is 5.15 Å². The fourth-order valence-corrected chi connectivity index (χ4v) is 2.56. The Kier molecular flexibility index (Phi) is 6.91. The van der Waals surface area contributed by atoms with E-state index in [4.69, 9.17) is 11.6 Å². The number of amides is 1. The van der Waals surface area contributed by atoms with Crippen LogP contribution in [0.15, 0.2) is 48.7 Å². The topological polar surface area (TPSA) is 82.5 Å². The smallest absolute Gasteiger partial charge is 0.308 e. The van der Waals surface area contributed by atoms with Crippen LogP contribution < -0.4 is 5.32 Å². The molecule has 0 saturated heterocycles. The molecule has 0 aliphatic carbocycles. The molecular weight excluding hydrogens is 342 g/mol. The highest BCUT2D eigenvalue weighted by Gasteiger charge is 2.23. The van der Waals surface area contributed by atoms with Crippen molar-refractivity contribution in [3.63, 3.8) is 0 Å². The average molecular weight is 362 g/mol. The number of nitrogens with one attached hydrogen (secondary N) is 1. The Morgan fingerprint density at radius 1 is 1.24 bits per heavy atom. The van der Waals surface area contributed by atoms with E-state index in [1.807, 2.05) is 42.3 Å². The molecule has 1 unspecified atom stereocenters. The third-order valence-electron chi connectivity index (χ3n) is 3.62. The number of nitrogens with zero attached hydrogens (tertiary/aromatic N) is 2. The summed E-state index contributed by atoms with van der Waals surface area (Å²) in [7, 11) is 1.84. The average Bonchev–Trinajstić information content (AvgIpc) is 2.57. The second-order valence-electron chi connectivity index (χ2n) is 5.84. The van der Waals surface area contributed by atoms with Gasteiger partial charge in [0.25, 0.3) is 0 Å². The van der Waals surface area contributed by atoms with Gasteiger partial charge in [-0.3, -0.25) is 9.59 Å². The van der Waals surface area contributed by atoms with Crippen LogP contribution in [0.1, 0.15) is 12.0 Å². The van der Waals surface area contributed by atoms with Crippen molar-refractivity contribution in [2.45, 2.75) is 13.0 Å². The Morgan fingerprint density at radius 3 is 2.56 bits per heavy atom. The SMILES string of the molecule is CN(Cc1ccccc1)CC(CC(=O)Nc1ccc(Cl)nc1)C(=O)O. The number of carboxylic acids is 1. The third-order valence-corrected chi connectivity index (χ3v) is 3.84. The molecule has 2 N–H and O–H groups in total. The molecule has 0 saturated carbocycles. The number of carbonyl (C=O) groups is 2. The minimum atomic E-state index is -0.996. The lowest BCUT2D eigenvalue weighted by atomic mass is 10.0. The van der Waals surface area contributed by atoms with Crippen molar-refractivity contribution in [2.24, 2.45) is 5.92 Å². The number of hydrogen-bond donors (Lipinski definition) is 2. The number of anilines is 1. The molecule has 7 heteroatoms. The molecule has 1 aromatic carbocycles. The lowest BCUT2D eigenvalue weighted by Crippen LogP contribution is -2.33. The standard InChI is InChI=1S/C18H20ClN3O3/c1-22(11-13-5-3-2-4-6-13)12-14(18(24)25)9-17(23)21-15-7-8-16(19)20-10-15/h2-8,10,14H,9,11-12H2,1H3,(H,21,23)(H,24,25). The van der Waals surface area contributed by atoms with E-state index >= 15 is 0 Å². The fourth-order valence-electron chi connectivity index (χ4n) is 2.45. The fraction of sp³-hybridized carbons (Fsp3) is 0.278. The first-order valence-corrected chi connectivity index (χ1v) is 8.18. The van der Waals surface area contributed by atoms with Gasteiger partial charge in [-0.1, -0.05) is 41.9 Å². The highest BCUT2D eigenvalue weighted by molar-refractivity contribution is 6.29. The first-order chi connectivity index (χ1) is 11.9. The van der Waals surface area contributed by atoms with Gasteiger partial charge < -0.3 is 15.3 Å². The molecule has 132 valence electrons. The molecule has 25 heavy (non-hydrogen) atoms. The monoisotopic (exact) mass is 361 g/mol. The summed E-state index contributed by atoms with van der Waals surface area (Å²) in [6, 6.07) is 12.9. The zero-order valence-corrected chi connectivity index (χ0v) is 14.6. The first-order valence-electron chi connectivity index (χ1n) is 7.80. The molecule has 1 atom stereocenters. The molecule has 0 fully saturated rings. The van der Waals surface area contributed by atoms with Crippen LogP contribution in [0.4, 0.5) is 5.69 Å². The minimum Gasteiger partial charge on any atom is -0.481 e. The van der Waals surface area contributed by atoms with Gasteiger partial charge in [0.15, 0.2) is 0 Å². The summed E-state index contributed by atoms with van der Waals surface area (Å²) in [5.41, 5.74) is 1.57. The van der Waals surface area contributed by atoms with Gasteiger partial charge in [-0.15, -0.1) is 0 Å². The second-order valence-corrected chi connectivity index (χ2v) is 6.23. The molecule has 0 spiro atoms. The van der Waals surface area contributed by atoms with Crippen molar-refractivity contribution in [3.05, 3.63) is 59.4 Å². The second kappa shape index (κ2) is 9.15. The van der Waals surface area contributed by atoms with E-state index < -0.39 is 11.9 Å². The van der Waals surface area contributed by atoms with Crippen LogP contribution in [0.25, 0.3) is 0 Å². The molecule has 0 aliphatic heterocycles. The van der Waals surface area contributed by atoms with Crippen molar-refractivity contribution >= 4 is 29.2 Å². The number of benzene rings is 1. The molecule has 0 radical (unpaired) electrons. The van der Waals surface area contributed by atoms with Gasteiger partial charge in [-0.2, -0.15) is 0 Å². The summed E-state index contributed by atoms with van der Waals surface area (Å²) in [4.78, 5) is 29.3. The Morgan fingerprint density at radius 2 is 1.96 bits per heavy atom. The van der Waals surface area contributed by atoms with Crippen molar-refractivity contribution < 1.29 is 14.7 Å². The normalized spacial score (nSPS) is 12.0. The maximum Gasteiger partial charge on any atom is 0.308 e. The third kappa shape index (κ3) is 6.52. The molecule has 1 amide bonds. The van der Waals surface area contributed by atoms with Crippen LogP contribution in [0, 0.1) is 5.92 Å². The zero-order valence-electron chi connectivity index (χ0n) is 13.9. The molecule has 1 aromatic heterocycles. The van der Waals surface area contributed by atoms with Gasteiger partial charge >= 0.3 is 5.97 Å². The number of rotatable bonds is 8. The number of hydrogen-bond acceptors (Lipinski definition) is 4. The van der Waals surface area contributed by atoms with Crippen LogP contribution in [-0.4, -0.2) is 40.5 Å². The maximum absolute atomic E-state index is 12.1. The lowest BCUT2D eigenvalue weighted by molar-refractivity contribution is -0.144. The van der Waals surface area contributed by atoms with Crippen LogP contribution in [0.5, 0.6) is 0 Å². The van der Waals surface area contributed by atoms with E-state index in [1.54, 1.807) is 12.1 Å². The summed E-state index contributed by atoms with van der Waals surface area (Å²) in [5, 5.41) is 12.4. The molecule has 2 aromatic rings. The number of halogens is 1. The Labute approximate surface area is 151 Å². The van der Waals surface area contributed by atoms with Gasteiger partial charge in [-0.05, 0) is 24.7 Å². The van der Waals surface area contributed by atoms with Gasteiger partial charge in [0, 0.05) is 19.5 Å². The van der Waals surface area contributed by atoms with Crippen molar-refractivity contribution in [1.82, 2.24) is 9.88 Å². The van der Waals surface area contributed by atoms with Crippen molar-refractivity contribution in [3.8, 4) is 0 Å². The minimum absolute atomic E-state index is 0.114. The quantitative estimate of drug-likeness (QED) is 0.706. The number of pyridine rings is 1. The largest absolute Gasteiger partial charge is 0.481 e. The highest BCUT2D eigenvalue weighted by Crippen LogP contribution is 2.13. The zero-order chi connectivity index (χ0) is 18.2. The van der Waals surface area contributed by atoms with Gasteiger partial charge in [0.2, 0.25) is 5.91 Å². The van der Waals surface area contributed by atoms with Crippen molar-refractivity contribution in [1.29, 1.82) is 0 Å². The predicted molar refractivity (Wildman–Crippen MR) is 96.4 cm³/mol.